The Morgan fingerprint density at radius 3 is 2.26 bits per heavy atom. The number of fused-ring (bicyclic) bond motifs is 1. The Morgan fingerprint density at radius 1 is 0.852 bits per heavy atom. The number of benzene rings is 2. The molecule has 0 atom stereocenters. The van der Waals surface area contributed by atoms with Crippen molar-refractivity contribution in [2.24, 2.45) is 0 Å². The molecule has 0 aliphatic carbocycles. The third-order valence-electron chi connectivity index (χ3n) is 4.14. The van der Waals surface area contributed by atoms with Crippen LogP contribution in [0.5, 0.6) is 5.75 Å². The van der Waals surface area contributed by atoms with Crippen molar-refractivity contribution in [1.82, 2.24) is 15.0 Å². The first-order valence-corrected chi connectivity index (χ1v) is 8.57. The highest BCUT2D eigenvalue weighted by Crippen LogP contribution is 2.29. The van der Waals surface area contributed by atoms with Gasteiger partial charge in [0.2, 0.25) is 5.95 Å². The van der Waals surface area contributed by atoms with Crippen molar-refractivity contribution < 1.29 is 9.13 Å². The van der Waals surface area contributed by atoms with Gasteiger partial charge in [-0.05, 0) is 67.6 Å². The van der Waals surface area contributed by atoms with E-state index < -0.39 is 0 Å². The maximum atomic E-state index is 13.2. The number of anilines is 1. The Kier molecular flexibility index (Phi) is 4.38. The van der Waals surface area contributed by atoms with E-state index in [-0.39, 0.29) is 11.8 Å². The summed E-state index contributed by atoms with van der Waals surface area (Å²) in [4.78, 5) is 13.4. The van der Waals surface area contributed by atoms with E-state index in [0.29, 0.717) is 29.0 Å². The lowest BCUT2D eigenvalue weighted by atomic mass is 10.1. The van der Waals surface area contributed by atoms with E-state index in [0.717, 1.165) is 16.9 Å². The second-order valence-corrected chi connectivity index (χ2v) is 5.96. The fourth-order valence-electron chi connectivity index (χ4n) is 2.89. The van der Waals surface area contributed by atoms with Crippen LogP contribution in [0.25, 0.3) is 33.5 Å². The fourth-order valence-corrected chi connectivity index (χ4v) is 2.89. The van der Waals surface area contributed by atoms with Crippen molar-refractivity contribution in [1.29, 1.82) is 0 Å². The molecule has 2 heterocycles. The van der Waals surface area contributed by atoms with Gasteiger partial charge in [0.25, 0.3) is 0 Å². The summed E-state index contributed by atoms with van der Waals surface area (Å²) >= 11 is 0. The monoisotopic (exact) mass is 360 g/mol. The van der Waals surface area contributed by atoms with E-state index in [1.807, 2.05) is 43.3 Å². The number of nitrogens with zero attached hydrogens (tertiary/aromatic N) is 3. The number of rotatable bonds is 4. The second-order valence-electron chi connectivity index (χ2n) is 5.96. The number of nitrogens with two attached hydrogens (primary N) is 1. The van der Waals surface area contributed by atoms with Crippen molar-refractivity contribution in [3.63, 3.8) is 0 Å². The van der Waals surface area contributed by atoms with Crippen molar-refractivity contribution in [3.05, 3.63) is 66.5 Å². The zero-order valence-electron chi connectivity index (χ0n) is 14.7. The minimum absolute atomic E-state index is 0.183. The molecule has 0 unspecified atom stereocenters. The number of ether oxygens (including phenoxy) is 1. The van der Waals surface area contributed by atoms with Crippen LogP contribution in [0.4, 0.5) is 10.3 Å². The lowest BCUT2D eigenvalue weighted by molar-refractivity contribution is 0.340. The summed E-state index contributed by atoms with van der Waals surface area (Å²) in [6, 6.07) is 17.5. The minimum Gasteiger partial charge on any atom is -0.494 e. The highest BCUT2D eigenvalue weighted by Gasteiger charge is 2.12. The van der Waals surface area contributed by atoms with E-state index in [1.54, 1.807) is 12.1 Å². The first-order valence-electron chi connectivity index (χ1n) is 8.57. The molecule has 27 heavy (non-hydrogen) atoms. The highest BCUT2D eigenvalue weighted by atomic mass is 19.1. The van der Waals surface area contributed by atoms with Crippen molar-refractivity contribution in [2.45, 2.75) is 6.92 Å². The lowest BCUT2D eigenvalue weighted by Gasteiger charge is -2.09. The average Bonchev–Trinajstić information content (AvgIpc) is 2.68. The molecule has 0 aliphatic rings. The van der Waals surface area contributed by atoms with Crippen LogP contribution < -0.4 is 10.5 Å². The summed E-state index contributed by atoms with van der Waals surface area (Å²) in [7, 11) is 0. The molecule has 4 rings (SSSR count). The molecule has 4 aromatic rings. The van der Waals surface area contributed by atoms with Crippen molar-refractivity contribution in [3.8, 4) is 28.3 Å². The molecule has 0 aliphatic heterocycles. The largest absolute Gasteiger partial charge is 0.494 e. The van der Waals surface area contributed by atoms with Crippen molar-refractivity contribution in [2.75, 3.05) is 12.3 Å². The van der Waals surface area contributed by atoms with Gasteiger partial charge in [-0.2, -0.15) is 0 Å². The van der Waals surface area contributed by atoms with Gasteiger partial charge in [0, 0.05) is 11.1 Å². The van der Waals surface area contributed by atoms with Crippen LogP contribution in [0.1, 0.15) is 6.92 Å². The Labute approximate surface area is 155 Å². The fraction of sp³-hybridized carbons (Fsp3) is 0.0952. The lowest BCUT2D eigenvalue weighted by Crippen LogP contribution is -2.00. The van der Waals surface area contributed by atoms with Crippen LogP contribution in [0.2, 0.25) is 0 Å². The van der Waals surface area contributed by atoms with Gasteiger partial charge in [0.05, 0.1) is 17.8 Å². The molecule has 0 bridgehead atoms. The van der Waals surface area contributed by atoms with Crippen LogP contribution >= 0.6 is 0 Å². The molecule has 5 nitrogen and oxygen atoms in total. The van der Waals surface area contributed by atoms with Gasteiger partial charge in [-0.15, -0.1) is 0 Å². The molecule has 0 saturated carbocycles. The quantitative estimate of drug-likeness (QED) is 0.581. The Hall–Kier alpha value is -3.54. The maximum absolute atomic E-state index is 13.2. The van der Waals surface area contributed by atoms with E-state index in [1.165, 1.54) is 12.1 Å². The number of nitrogen functional groups attached to an aromatic ring is 1. The van der Waals surface area contributed by atoms with E-state index in [4.69, 9.17) is 15.5 Å². The van der Waals surface area contributed by atoms with Gasteiger partial charge in [-0.25, -0.2) is 19.3 Å². The number of pyridine rings is 1. The van der Waals surface area contributed by atoms with Crippen LogP contribution in [0, 0.1) is 5.82 Å². The zero-order chi connectivity index (χ0) is 18.8. The first-order chi connectivity index (χ1) is 13.1. The number of hydrogen-bond acceptors (Lipinski definition) is 5. The van der Waals surface area contributed by atoms with E-state index in [2.05, 4.69) is 9.97 Å². The summed E-state index contributed by atoms with van der Waals surface area (Å²) < 4.78 is 18.7. The molecule has 2 N–H and O–H groups in total. The Morgan fingerprint density at radius 2 is 1.56 bits per heavy atom. The van der Waals surface area contributed by atoms with E-state index >= 15 is 0 Å². The molecule has 134 valence electrons. The Balaban J connectivity index is 1.85. The van der Waals surface area contributed by atoms with Crippen LogP contribution in [-0.2, 0) is 0 Å². The zero-order valence-corrected chi connectivity index (χ0v) is 14.7. The average molecular weight is 360 g/mol. The molecule has 2 aromatic heterocycles. The van der Waals surface area contributed by atoms with E-state index in [9.17, 15) is 4.39 Å². The topological polar surface area (TPSA) is 73.9 Å². The molecule has 0 amide bonds. The van der Waals surface area contributed by atoms with Crippen molar-refractivity contribution >= 4 is 17.0 Å². The summed E-state index contributed by atoms with van der Waals surface area (Å²) in [6.07, 6.45) is 0. The molecule has 0 saturated heterocycles. The predicted octanol–water partition coefficient (Wildman–Crippen LogP) is 4.48. The number of aromatic nitrogens is 3. The van der Waals surface area contributed by atoms with Gasteiger partial charge in [-0.1, -0.05) is 0 Å². The van der Waals surface area contributed by atoms with Crippen LogP contribution in [0.3, 0.4) is 0 Å². The second kappa shape index (κ2) is 6.99. The van der Waals surface area contributed by atoms with Gasteiger partial charge in [0.1, 0.15) is 22.8 Å². The number of hydrogen-bond donors (Lipinski definition) is 1. The van der Waals surface area contributed by atoms with Crippen LogP contribution in [0.15, 0.2) is 60.7 Å². The first kappa shape index (κ1) is 16.9. The van der Waals surface area contributed by atoms with Gasteiger partial charge < -0.3 is 10.5 Å². The van der Waals surface area contributed by atoms with Gasteiger partial charge in [0.15, 0.2) is 0 Å². The van der Waals surface area contributed by atoms with Gasteiger partial charge >= 0.3 is 0 Å². The number of halogens is 1. The summed E-state index contributed by atoms with van der Waals surface area (Å²) in [6.45, 7) is 2.54. The summed E-state index contributed by atoms with van der Waals surface area (Å²) in [5.74, 6) is 0.681. The standard InChI is InChI=1S/C21H17FN4O/c1-2-27-16-9-5-14(6-10-16)19-20-18(25-21(23)26-19)12-11-17(24-20)13-3-7-15(22)8-4-13/h3-12H,2H2,1H3,(H2,23,25,26). The predicted molar refractivity (Wildman–Crippen MR) is 104 cm³/mol. The molecule has 6 heteroatoms. The smallest absolute Gasteiger partial charge is 0.221 e. The third kappa shape index (κ3) is 3.42. The highest BCUT2D eigenvalue weighted by molar-refractivity contribution is 5.91. The molecular weight excluding hydrogens is 343 g/mol. The SMILES string of the molecule is CCOc1ccc(-c2nc(N)nc3ccc(-c4ccc(F)cc4)nc23)cc1. The van der Waals surface area contributed by atoms with Crippen LogP contribution in [-0.4, -0.2) is 21.6 Å². The minimum atomic E-state index is -0.286. The summed E-state index contributed by atoms with van der Waals surface area (Å²) in [5, 5.41) is 0. The molecule has 2 aromatic carbocycles. The third-order valence-corrected chi connectivity index (χ3v) is 4.14. The Bertz CT molecular complexity index is 1100. The molecule has 0 fully saturated rings. The normalized spacial score (nSPS) is 10.9. The molecular formula is C21H17FN4O. The molecule has 0 radical (unpaired) electrons. The summed E-state index contributed by atoms with van der Waals surface area (Å²) in [5.41, 5.74) is 10.2. The van der Waals surface area contributed by atoms with Gasteiger partial charge in [-0.3, -0.25) is 0 Å². The molecule has 0 spiro atoms. The maximum Gasteiger partial charge on any atom is 0.221 e.